The Morgan fingerprint density at radius 1 is 1.18 bits per heavy atom. The number of rotatable bonds is 3. The fourth-order valence-corrected chi connectivity index (χ4v) is 2.09. The van der Waals surface area contributed by atoms with Crippen LogP contribution in [0.1, 0.15) is 47.0 Å². The van der Waals surface area contributed by atoms with E-state index in [2.05, 4.69) is 27.7 Å². The molecular formula is C11H22. The van der Waals surface area contributed by atoms with Gasteiger partial charge in [0.15, 0.2) is 0 Å². The zero-order valence-corrected chi connectivity index (χ0v) is 8.43. The maximum atomic E-state index is 2.42. The molecule has 0 aromatic carbocycles. The first-order chi connectivity index (χ1) is 5.15. The van der Waals surface area contributed by atoms with Crippen LogP contribution in [0.4, 0.5) is 0 Å². The summed E-state index contributed by atoms with van der Waals surface area (Å²) < 4.78 is 0. The Hall–Kier alpha value is 0. The van der Waals surface area contributed by atoms with Crippen LogP contribution in [-0.4, -0.2) is 0 Å². The van der Waals surface area contributed by atoms with E-state index in [0.29, 0.717) is 0 Å². The van der Waals surface area contributed by atoms with Crippen molar-refractivity contribution in [1.82, 2.24) is 0 Å². The standard InChI is InChI=1S/C11H22/c1-5-10-6-11(7-10)9(4)8(2)3/h8-11H,5-7H2,1-4H3. The molecule has 0 heterocycles. The van der Waals surface area contributed by atoms with E-state index in [1.54, 1.807) is 0 Å². The molecule has 0 saturated heterocycles. The summed E-state index contributed by atoms with van der Waals surface area (Å²) in [5.74, 6) is 3.97. The Bertz CT molecular complexity index is 109. The van der Waals surface area contributed by atoms with Crippen molar-refractivity contribution in [2.75, 3.05) is 0 Å². The molecule has 0 bridgehead atoms. The van der Waals surface area contributed by atoms with Crippen molar-refractivity contribution in [1.29, 1.82) is 0 Å². The topological polar surface area (TPSA) is 0 Å². The van der Waals surface area contributed by atoms with E-state index in [-0.39, 0.29) is 0 Å². The molecule has 1 unspecified atom stereocenters. The monoisotopic (exact) mass is 154 g/mol. The molecule has 1 saturated carbocycles. The first kappa shape index (κ1) is 9.09. The fraction of sp³-hybridized carbons (Fsp3) is 1.00. The molecule has 0 nitrogen and oxygen atoms in total. The summed E-state index contributed by atoms with van der Waals surface area (Å²) in [4.78, 5) is 0. The minimum Gasteiger partial charge on any atom is -0.0651 e. The molecule has 1 rings (SSSR count). The third kappa shape index (κ3) is 1.98. The van der Waals surface area contributed by atoms with E-state index in [9.17, 15) is 0 Å². The van der Waals surface area contributed by atoms with Crippen LogP contribution in [0, 0.1) is 23.7 Å². The Kier molecular flexibility index (Phi) is 2.98. The molecule has 66 valence electrons. The van der Waals surface area contributed by atoms with Gasteiger partial charge in [-0.2, -0.15) is 0 Å². The van der Waals surface area contributed by atoms with Crippen LogP contribution in [0.3, 0.4) is 0 Å². The molecule has 0 radical (unpaired) electrons. The Labute approximate surface area is 71.4 Å². The van der Waals surface area contributed by atoms with Crippen molar-refractivity contribution in [3.05, 3.63) is 0 Å². The van der Waals surface area contributed by atoms with Gasteiger partial charge >= 0.3 is 0 Å². The Morgan fingerprint density at radius 2 is 1.73 bits per heavy atom. The molecule has 1 aliphatic carbocycles. The van der Waals surface area contributed by atoms with Crippen LogP contribution < -0.4 is 0 Å². The first-order valence-electron chi connectivity index (χ1n) is 5.15. The molecule has 0 heteroatoms. The van der Waals surface area contributed by atoms with Gasteiger partial charge in [-0.15, -0.1) is 0 Å². The largest absolute Gasteiger partial charge is 0.0651 e. The molecule has 0 aromatic rings. The van der Waals surface area contributed by atoms with Crippen molar-refractivity contribution in [2.24, 2.45) is 23.7 Å². The Morgan fingerprint density at radius 3 is 2.09 bits per heavy atom. The summed E-state index contributed by atoms with van der Waals surface area (Å²) in [5, 5.41) is 0. The zero-order chi connectivity index (χ0) is 8.43. The Balaban J connectivity index is 2.21. The molecule has 0 amide bonds. The summed E-state index contributed by atoms with van der Waals surface area (Å²) in [5.41, 5.74) is 0. The van der Waals surface area contributed by atoms with Gasteiger partial charge in [0.25, 0.3) is 0 Å². The molecule has 1 fully saturated rings. The maximum absolute atomic E-state index is 2.42. The molecule has 0 aliphatic heterocycles. The summed E-state index contributed by atoms with van der Waals surface area (Å²) in [7, 11) is 0. The molecule has 0 N–H and O–H groups in total. The number of hydrogen-bond donors (Lipinski definition) is 0. The average Bonchev–Trinajstić information content (AvgIpc) is 1.85. The zero-order valence-electron chi connectivity index (χ0n) is 8.43. The second-order valence-electron chi connectivity index (χ2n) is 4.61. The van der Waals surface area contributed by atoms with Crippen LogP contribution in [-0.2, 0) is 0 Å². The van der Waals surface area contributed by atoms with E-state index in [4.69, 9.17) is 0 Å². The third-order valence-electron chi connectivity index (χ3n) is 3.64. The summed E-state index contributed by atoms with van der Waals surface area (Å²) >= 11 is 0. The summed E-state index contributed by atoms with van der Waals surface area (Å²) in [6.45, 7) is 9.44. The van der Waals surface area contributed by atoms with Crippen molar-refractivity contribution < 1.29 is 0 Å². The summed E-state index contributed by atoms with van der Waals surface area (Å²) in [6, 6.07) is 0. The van der Waals surface area contributed by atoms with Gasteiger partial charge < -0.3 is 0 Å². The van der Waals surface area contributed by atoms with Crippen molar-refractivity contribution in [3.8, 4) is 0 Å². The quantitative estimate of drug-likeness (QED) is 0.581. The summed E-state index contributed by atoms with van der Waals surface area (Å²) in [6.07, 6.45) is 4.42. The lowest BCUT2D eigenvalue weighted by atomic mass is 9.65. The van der Waals surface area contributed by atoms with Crippen LogP contribution in [0.2, 0.25) is 0 Å². The lowest BCUT2D eigenvalue weighted by molar-refractivity contribution is 0.103. The van der Waals surface area contributed by atoms with Crippen molar-refractivity contribution in [3.63, 3.8) is 0 Å². The molecule has 1 aliphatic rings. The van der Waals surface area contributed by atoms with E-state index >= 15 is 0 Å². The highest BCUT2D eigenvalue weighted by molar-refractivity contribution is 4.82. The van der Waals surface area contributed by atoms with Crippen molar-refractivity contribution in [2.45, 2.75) is 47.0 Å². The van der Waals surface area contributed by atoms with Gasteiger partial charge in [0.1, 0.15) is 0 Å². The second-order valence-corrected chi connectivity index (χ2v) is 4.61. The number of hydrogen-bond acceptors (Lipinski definition) is 0. The predicted molar refractivity (Wildman–Crippen MR) is 50.5 cm³/mol. The maximum Gasteiger partial charge on any atom is -0.0381 e. The van der Waals surface area contributed by atoms with Gasteiger partial charge in [0, 0.05) is 0 Å². The van der Waals surface area contributed by atoms with Crippen LogP contribution in [0.25, 0.3) is 0 Å². The van der Waals surface area contributed by atoms with Crippen LogP contribution >= 0.6 is 0 Å². The fourth-order valence-electron chi connectivity index (χ4n) is 2.09. The molecule has 11 heavy (non-hydrogen) atoms. The minimum absolute atomic E-state index is 0.887. The molecular weight excluding hydrogens is 132 g/mol. The molecule has 0 spiro atoms. The normalized spacial score (nSPS) is 33.5. The predicted octanol–water partition coefficient (Wildman–Crippen LogP) is 3.71. The van der Waals surface area contributed by atoms with Gasteiger partial charge in [0.05, 0.1) is 0 Å². The van der Waals surface area contributed by atoms with E-state index in [1.807, 2.05) is 0 Å². The van der Waals surface area contributed by atoms with Gasteiger partial charge in [-0.25, -0.2) is 0 Å². The van der Waals surface area contributed by atoms with Gasteiger partial charge in [0.2, 0.25) is 0 Å². The highest BCUT2D eigenvalue weighted by atomic mass is 14.4. The van der Waals surface area contributed by atoms with Crippen LogP contribution in [0.5, 0.6) is 0 Å². The lowest BCUT2D eigenvalue weighted by Gasteiger charge is -2.40. The van der Waals surface area contributed by atoms with Gasteiger partial charge in [-0.1, -0.05) is 34.1 Å². The van der Waals surface area contributed by atoms with Gasteiger partial charge in [-0.05, 0) is 36.5 Å². The minimum atomic E-state index is 0.887. The molecule has 1 atom stereocenters. The second kappa shape index (κ2) is 3.60. The van der Waals surface area contributed by atoms with E-state index in [0.717, 1.165) is 23.7 Å². The van der Waals surface area contributed by atoms with E-state index in [1.165, 1.54) is 19.3 Å². The van der Waals surface area contributed by atoms with Crippen molar-refractivity contribution >= 4 is 0 Å². The lowest BCUT2D eigenvalue weighted by Crippen LogP contribution is -2.30. The first-order valence-corrected chi connectivity index (χ1v) is 5.15. The molecule has 0 aromatic heterocycles. The van der Waals surface area contributed by atoms with Gasteiger partial charge in [-0.3, -0.25) is 0 Å². The highest BCUT2D eigenvalue weighted by Crippen LogP contribution is 2.42. The average molecular weight is 154 g/mol. The van der Waals surface area contributed by atoms with Crippen LogP contribution in [0.15, 0.2) is 0 Å². The smallest absolute Gasteiger partial charge is 0.0381 e. The SMILES string of the molecule is CCC1CC(C(C)C(C)C)C1. The van der Waals surface area contributed by atoms with E-state index < -0.39 is 0 Å². The highest BCUT2D eigenvalue weighted by Gasteiger charge is 2.32. The third-order valence-corrected chi connectivity index (χ3v) is 3.64.